The molecule has 1 aromatic rings. The number of nitrogens with zero attached hydrogens (tertiary/aromatic N) is 2. The molecule has 2 amide bonds. The van der Waals surface area contributed by atoms with Gasteiger partial charge in [0.05, 0.1) is 5.75 Å². The number of hydrogen-bond donors (Lipinski definition) is 0. The summed E-state index contributed by atoms with van der Waals surface area (Å²) < 4.78 is 24.0. The van der Waals surface area contributed by atoms with Crippen LogP contribution in [-0.2, 0) is 14.6 Å². The lowest BCUT2D eigenvalue weighted by Crippen LogP contribution is -2.51. The Hall–Kier alpha value is -1.60. The number of unbranched alkanes of at least 4 members (excludes halogenated alkanes) is 2. The van der Waals surface area contributed by atoms with Crippen molar-refractivity contribution >= 4 is 33.3 Å². The Bertz CT molecular complexity index is 726. The quantitative estimate of drug-likeness (QED) is 0.658. The summed E-state index contributed by atoms with van der Waals surface area (Å²) in [6.07, 6.45) is 2.38. The first-order valence-corrected chi connectivity index (χ1v) is 11.1. The SMILES string of the molecule is CCCCCS(=O)(=O)CC(=O)N1CCN(C(=O)c2ccc(Cl)cc2)CC1. The van der Waals surface area contributed by atoms with E-state index < -0.39 is 15.6 Å². The molecule has 1 aromatic carbocycles. The van der Waals surface area contributed by atoms with Crippen molar-refractivity contribution in [1.29, 1.82) is 0 Å². The summed E-state index contributed by atoms with van der Waals surface area (Å²) in [6.45, 7) is 3.49. The zero-order valence-corrected chi connectivity index (χ0v) is 16.6. The second-order valence-corrected chi connectivity index (χ2v) is 9.10. The molecular weight excluding hydrogens is 376 g/mol. The Balaban J connectivity index is 1.84. The van der Waals surface area contributed by atoms with Gasteiger partial charge in [-0.2, -0.15) is 0 Å². The molecule has 0 saturated carbocycles. The number of sulfone groups is 1. The number of hydrogen-bond acceptors (Lipinski definition) is 4. The number of benzene rings is 1. The van der Waals surface area contributed by atoms with E-state index >= 15 is 0 Å². The first-order chi connectivity index (χ1) is 12.3. The average Bonchev–Trinajstić information content (AvgIpc) is 2.61. The van der Waals surface area contributed by atoms with Crippen molar-refractivity contribution in [2.45, 2.75) is 26.2 Å². The Morgan fingerprint density at radius 2 is 1.58 bits per heavy atom. The van der Waals surface area contributed by atoms with E-state index in [0.717, 1.165) is 12.8 Å². The number of rotatable bonds is 7. The van der Waals surface area contributed by atoms with Gasteiger partial charge in [0.2, 0.25) is 5.91 Å². The lowest BCUT2D eigenvalue weighted by molar-refractivity contribution is -0.129. The lowest BCUT2D eigenvalue weighted by Gasteiger charge is -2.34. The minimum absolute atomic E-state index is 0.0571. The molecule has 2 rings (SSSR count). The van der Waals surface area contributed by atoms with Gasteiger partial charge in [-0.05, 0) is 30.7 Å². The molecule has 1 saturated heterocycles. The van der Waals surface area contributed by atoms with Crippen molar-refractivity contribution in [3.8, 4) is 0 Å². The number of halogens is 1. The molecule has 1 aliphatic heterocycles. The summed E-state index contributed by atoms with van der Waals surface area (Å²) in [4.78, 5) is 27.9. The third kappa shape index (κ3) is 5.99. The van der Waals surface area contributed by atoms with Crippen LogP contribution < -0.4 is 0 Å². The fourth-order valence-corrected chi connectivity index (χ4v) is 4.33. The van der Waals surface area contributed by atoms with Crippen LogP contribution in [0, 0.1) is 0 Å². The third-order valence-electron chi connectivity index (χ3n) is 4.41. The molecule has 0 aromatic heterocycles. The van der Waals surface area contributed by atoms with E-state index in [4.69, 9.17) is 11.6 Å². The Kier molecular flexibility index (Phi) is 7.46. The molecule has 0 atom stereocenters. The number of carbonyl (C=O) groups is 2. The van der Waals surface area contributed by atoms with Gasteiger partial charge in [0.15, 0.2) is 9.84 Å². The Morgan fingerprint density at radius 3 is 2.15 bits per heavy atom. The molecule has 1 fully saturated rings. The summed E-state index contributed by atoms with van der Waals surface area (Å²) in [5, 5.41) is 0.567. The second kappa shape index (κ2) is 9.37. The highest BCUT2D eigenvalue weighted by molar-refractivity contribution is 7.92. The maximum atomic E-state index is 12.4. The standard InChI is InChI=1S/C18H25ClN2O4S/c1-2-3-4-13-26(24,25)14-17(22)20-9-11-21(12-10-20)18(23)15-5-7-16(19)8-6-15/h5-8H,2-4,9-14H2,1H3. The van der Waals surface area contributed by atoms with Gasteiger partial charge < -0.3 is 9.80 Å². The maximum Gasteiger partial charge on any atom is 0.253 e. The third-order valence-corrected chi connectivity index (χ3v) is 6.26. The summed E-state index contributed by atoms with van der Waals surface area (Å²) in [6, 6.07) is 6.67. The van der Waals surface area contributed by atoms with Crippen LogP contribution in [0.2, 0.25) is 5.02 Å². The number of amides is 2. The average molecular weight is 401 g/mol. The topological polar surface area (TPSA) is 74.8 Å². The van der Waals surface area contributed by atoms with Crippen molar-refractivity contribution in [2.24, 2.45) is 0 Å². The van der Waals surface area contributed by atoms with Crippen molar-refractivity contribution < 1.29 is 18.0 Å². The van der Waals surface area contributed by atoms with E-state index in [2.05, 4.69) is 0 Å². The van der Waals surface area contributed by atoms with Crippen LogP contribution in [0.4, 0.5) is 0 Å². The summed E-state index contributed by atoms with van der Waals surface area (Å²) in [7, 11) is -3.36. The molecule has 1 heterocycles. The monoisotopic (exact) mass is 400 g/mol. The van der Waals surface area contributed by atoms with E-state index in [1.165, 1.54) is 4.90 Å². The molecule has 0 unspecified atom stereocenters. The van der Waals surface area contributed by atoms with Crippen LogP contribution >= 0.6 is 11.6 Å². The second-order valence-electron chi connectivity index (χ2n) is 6.48. The van der Waals surface area contributed by atoms with Gasteiger partial charge in [0, 0.05) is 36.8 Å². The van der Waals surface area contributed by atoms with Crippen LogP contribution in [0.25, 0.3) is 0 Å². The van der Waals surface area contributed by atoms with Crippen LogP contribution in [0.15, 0.2) is 24.3 Å². The molecule has 26 heavy (non-hydrogen) atoms. The first kappa shape index (κ1) is 20.7. The molecule has 0 spiro atoms. The highest BCUT2D eigenvalue weighted by Crippen LogP contribution is 2.13. The predicted molar refractivity (Wildman–Crippen MR) is 102 cm³/mol. The molecule has 0 aliphatic carbocycles. The fraction of sp³-hybridized carbons (Fsp3) is 0.556. The molecule has 0 N–H and O–H groups in total. The van der Waals surface area contributed by atoms with Crippen molar-refractivity contribution in [3.05, 3.63) is 34.9 Å². The summed E-state index contributed by atoms with van der Waals surface area (Å²) in [5.74, 6) is -0.871. The zero-order valence-electron chi connectivity index (χ0n) is 15.0. The molecule has 1 aliphatic rings. The van der Waals surface area contributed by atoms with Gasteiger partial charge >= 0.3 is 0 Å². The number of piperazine rings is 1. The highest BCUT2D eigenvalue weighted by Gasteiger charge is 2.27. The summed E-state index contributed by atoms with van der Waals surface area (Å²) >= 11 is 5.83. The molecule has 6 nitrogen and oxygen atoms in total. The van der Waals surface area contributed by atoms with Crippen molar-refractivity contribution in [3.63, 3.8) is 0 Å². The van der Waals surface area contributed by atoms with Crippen LogP contribution in [0.5, 0.6) is 0 Å². The van der Waals surface area contributed by atoms with E-state index in [1.54, 1.807) is 29.2 Å². The predicted octanol–water partition coefficient (Wildman–Crippen LogP) is 2.23. The van der Waals surface area contributed by atoms with E-state index in [9.17, 15) is 18.0 Å². The lowest BCUT2D eigenvalue weighted by atomic mass is 10.2. The number of carbonyl (C=O) groups excluding carboxylic acids is 2. The van der Waals surface area contributed by atoms with Crippen molar-refractivity contribution in [2.75, 3.05) is 37.7 Å². The minimum atomic E-state index is -3.36. The molecular formula is C18H25ClN2O4S. The Morgan fingerprint density at radius 1 is 1.00 bits per heavy atom. The maximum absolute atomic E-state index is 12.4. The van der Waals surface area contributed by atoms with E-state index in [-0.39, 0.29) is 17.6 Å². The van der Waals surface area contributed by atoms with Crippen LogP contribution in [0.3, 0.4) is 0 Å². The van der Waals surface area contributed by atoms with Gasteiger partial charge in [-0.1, -0.05) is 31.4 Å². The van der Waals surface area contributed by atoms with Crippen LogP contribution in [0.1, 0.15) is 36.5 Å². The molecule has 8 heteroatoms. The van der Waals surface area contributed by atoms with Gasteiger partial charge in [0.25, 0.3) is 5.91 Å². The Labute approximate surface area is 160 Å². The smallest absolute Gasteiger partial charge is 0.253 e. The van der Waals surface area contributed by atoms with Gasteiger partial charge in [-0.15, -0.1) is 0 Å². The fourth-order valence-electron chi connectivity index (χ4n) is 2.86. The largest absolute Gasteiger partial charge is 0.338 e. The minimum Gasteiger partial charge on any atom is -0.338 e. The van der Waals surface area contributed by atoms with E-state index in [1.807, 2.05) is 6.92 Å². The van der Waals surface area contributed by atoms with Gasteiger partial charge in [-0.3, -0.25) is 9.59 Å². The van der Waals surface area contributed by atoms with Gasteiger partial charge in [-0.25, -0.2) is 8.42 Å². The molecule has 144 valence electrons. The molecule has 0 bridgehead atoms. The molecule has 0 radical (unpaired) electrons. The normalized spacial score (nSPS) is 15.2. The summed E-state index contributed by atoms with van der Waals surface area (Å²) in [5.41, 5.74) is 0.549. The highest BCUT2D eigenvalue weighted by atomic mass is 35.5. The zero-order chi connectivity index (χ0) is 19.2. The van der Waals surface area contributed by atoms with E-state index in [0.29, 0.717) is 43.2 Å². The van der Waals surface area contributed by atoms with Gasteiger partial charge in [0.1, 0.15) is 5.75 Å². The van der Waals surface area contributed by atoms with Crippen molar-refractivity contribution in [1.82, 2.24) is 9.80 Å². The first-order valence-electron chi connectivity index (χ1n) is 8.85. The van der Waals surface area contributed by atoms with Crippen LogP contribution in [-0.4, -0.2) is 67.7 Å².